The average molecular weight is 863 g/mol. The number of phosphoric ester groups is 1. The Bertz CT molecular complexity index is 1250. The molecule has 0 bridgehead atoms. The van der Waals surface area contributed by atoms with Crippen LogP contribution in [-0.4, -0.2) is 74.9 Å². The van der Waals surface area contributed by atoms with Gasteiger partial charge in [0.05, 0.1) is 27.7 Å². The fourth-order valence-electron chi connectivity index (χ4n) is 6.06. The van der Waals surface area contributed by atoms with Crippen molar-refractivity contribution in [2.45, 2.75) is 187 Å². The summed E-state index contributed by atoms with van der Waals surface area (Å²) in [6.45, 7) is 4.22. The number of esters is 2. The van der Waals surface area contributed by atoms with Crippen molar-refractivity contribution < 1.29 is 42.1 Å². The average Bonchev–Trinajstić information content (AvgIpc) is 3.20. The lowest BCUT2D eigenvalue weighted by Crippen LogP contribution is -2.37. The van der Waals surface area contributed by atoms with Gasteiger partial charge < -0.3 is 18.9 Å². The summed E-state index contributed by atoms with van der Waals surface area (Å²) in [5.41, 5.74) is 0. The van der Waals surface area contributed by atoms with E-state index < -0.39 is 26.5 Å². The summed E-state index contributed by atoms with van der Waals surface area (Å²) in [6.07, 6.45) is 52.6. The van der Waals surface area contributed by atoms with Crippen molar-refractivity contribution in [2.75, 3.05) is 47.5 Å². The summed E-state index contributed by atoms with van der Waals surface area (Å²) in [7, 11) is 1.43. The first-order valence-corrected chi connectivity index (χ1v) is 25.2. The highest BCUT2D eigenvalue weighted by atomic mass is 31.2. The monoisotopic (exact) mass is 863 g/mol. The summed E-state index contributed by atoms with van der Waals surface area (Å²) in [5.74, 6) is -0.886. The van der Waals surface area contributed by atoms with Gasteiger partial charge in [0.15, 0.2) is 6.10 Å². The largest absolute Gasteiger partial charge is 0.472 e. The van der Waals surface area contributed by atoms with Gasteiger partial charge in [-0.25, -0.2) is 4.57 Å². The van der Waals surface area contributed by atoms with Crippen LogP contribution in [0.5, 0.6) is 0 Å². The second kappa shape index (κ2) is 41.8. The van der Waals surface area contributed by atoms with E-state index in [0.29, 0.717) is 17.4 Å². The SMILES string of the molecule is CC/C=C/C/C=C/C/C=C/C/C=C/CCCCCCCCCCCCC(=O)OCC(COP(=O)(O)OCC[N+](C)(C)C)OC(=O)CC/C=C/C/C=C/CCCCCCCC. The summed E-state index contributed by atoms with van der Waals surface area (Å²) in [4.78, 5) is 35.4. The molecule has 0 aliphatic rings. The molecule has 0 fully saturated rings. The molecular weight excluding hydrogens is 774 g/mol. The highest BCUT2D eigenvalue weighted by molar-refractivity contribution is 7.47. The van der Waals surface area contributed by atoms with Gasteiger partial charge in [-0.3, -0.25) is 18.6 Å². The van der Waals surface area contributed by atoms with Crippen LogP contribution in [0.15, 0.2) is 72.9 Å². The number of hydrogen-bond donors (Lipinski definition) is 1. The number of carbonyl (C=O) groups is 2. The maximum atomic E-state index is 12.7. The number of likely N-dealkylation sites (N-methyl/N-ethyl adjacent to an activating group) is 1. The molecule has 0 saturated heterocycles. The lowest BCUT2D eigenvalue weighted by Gasteiger charge is -2.24. The molecule has 0 radical (unpaired) electrons. The maximum absolute atomic E-state index is 12.7. The number of phosphoric acid groups is 1. The van der Waals surface area contributed by atoms with Crippen molar-refractivity contribution in [1.29, 1.82) is 0 Å². The topological polar surface area (TPSA) is 108 Å². The first-order chi connectivity index (χ1) is 29.0. The van der Waals surface area contributed by atoms with Gasteiger partial charge in [-0.15, -0.1) is 0 Å². The molecule has 0 aromatic heterocycles. The molecule has 60 heavy (non-hydrogen) atoms. The van der Waals surface area contributed by atoms with Crippen molar-refractivity contribution in [1.82, 2.24) is 0 Å². The Kier molecular flexibility index (Phi) is 40.0. The van der Waals surface area contributed by atoms with E-state index in [1.807, 2.05) is 33.3 Å². The van der Waals surface area contributed by atoms with Crippen LogP contribution in [0.4, 0.5) is 0 Å². The Morgan fingerprint density at radius 1 is 0.533 bits per heavy atom. The van der Waals surface area contributed by atoms with Crippen LogP contribution in [0.3, 0.4) is 0 Å². The first kappa shape index (κ1) is 57.4. The van der Waals surface area contributed by atoms with Gasteiger partial charge in [0.25, 0.3) is 0 Å². The van der Waals surface area contributed by atoms with Gasteiger partial charge in [-0.05, 0) is 70.6 Å². The molecule has 0 saturated carbocycles. The molecular formula is C50H89NO8P+. The van der Waals surface area contributed by atoms with Crippen LogP contribution < -0.4 is 0 Å². The third kappa shape index (κ3) is 45.0. The smallest absolute Gasteiger partial charge is 0.462 e. The summed E-state index contributed by atoms with van der Waals surface area (Å²) < 4.78 is 34.3. The molecule has 1 N–H and O–H groups in total. The molecule has 0 aliphatic carbocycles. The van der Waals surface area contributed by atoms with Crippen molar-refractivity contribution in [3.63, 3.8) is 0 Å². The van der Waals surface area contributed by atoms with Crippen LogP contribution in [0, 0.1) is 0 Å². The molecule has 0 amide bonds. The van der Waals surface area contributed by atoms with Crippen molar-refractivity contribution in [3.05, 3.63) is 72.9 Å². The number of rotatable bonds is 42. The van der Waals surface area contributed by atoms with E-state index in [4.69, 9.17) is 18.5 Å². The molecule has 0 aromatic carbocycles. The number of quaternary nitrogens is 1. The fourth-order valence-corrected chi connectivity index (χ4v) is 6.80. The minimum atomic E-state index is -4.39. The first-order valence-electron chi connectivity index (χ1n) is 23.7. The second-order valence-corrected chi connectivity index (χ2v) is 18.2. The zero-order valence-electron chi connectivity index (χ0n) is 38.9. The quantitative estimate of drug-likeness (QED) is 0.0212. The molecule has 0 spiro atoms. The van der Waals surface area contributed by atoms with E-state index in [1.165, 1.54) is 77.0 Å². The van der Waals surface area contributed by atoms with E-state index in [0.717, 1.165) is 70.6 Å². The van der Waals surface area contributed by atoms with Crippen molar-refractivity contribution >= 4 is 19.8 Å². The molecule has 0 aliphatic heterocycles. The van der Waals surface area contributed by atoms with Crippen molar-refractivity contribution in [3.8, 4) is 0 Å². The van der Waals surface area contributed by atoms with Crippen LogP contribution in [-0.2, 0) is 32.7 Å². The molecule has 2 unspecified atom stereocenters. The maximum Gasteiger partial charge on any atom is 0.472 e. The van der Waals surface area contributed by atoms with Crippen molar-refractivity contribution in [2.24, 2.45) is 0 Å². The van der Waals surface area contributed by atoms with E-state index >= 15 is 0 Å². The Morgan fingerprint density at radius 2 is 0.983 bits per heavy atom. The van der Waals surface area contributed by atoms with Crippen LogP contribution in [0.1, 0.15) is 181 Å². The molecule has 0 rings (SSSR count). The van der Waals surface area contributed by atoms with E-state index in [-0.39, 0.29) is 32.0 Å². The van der Waals surface area contributed by atoms with Gasteiger partial charge in [-0.2, -0.15) is 0 Å². The number of allylic oxidation sites excluding steroid dienone is 12. The van der Waals surface area contributed by atoms with Gasteiger partial charge in [0, 0.05) is 12.8 Å². The number of carbonyl (C=O) groups excluding carboxylic acids is 2. The van der Waals surface area contributed by atoms with Gasteiger partial charge >= 0.3 is 19.8 Å². The minimum Gasteiger partial charge on any atom is -0.462 e. The van der Waals surface area contributed by atoms with Gasteiger partial charge in [-0.1, -0.05) is 170 Å². The molecule has 10 heteroatoms. The lowest BCUT2D eigenvalue weighted by atomic mass is 10.1. The fraction of sp³-hybridized carbons (Fsp3) is 0.720. The van der Waals surface area contributed by atoms with Crippen LogP contribution in [0.2, 0.25) is 0 Å². The third-order valence-electron chi connectivity index (χ3n) is 9.73. The number of nitrogens with zero attached hydrogens (tertiary/aromatic N) is 1. The summed E-state index contributed by atoms with van der Waals surface area (Å²) in [5, 5.41) is 0. The minimum absolute atomic E-state index is 0.0189. The Morgan fingerprint density at radius 3 is 1.48 bits per heavy atom. The normalized spacial score (nSPS) is 14.2. The Labute approximate surface area is 368 Å². The second-order valence-electron chi connectivity index (χ2n) is 16.8. The van der Waals surface area contributed by atoms with E-state index in [2.05, 4.69) is 74.6 Å². The molecule has 0 heterocycles. The molecule has 2 atom stereocenters. The zero-order valence-corrected chi connectivity index (χ0v) is 39.8. The predicted octanol–water partition coefficient (Wildman–Crippen LogP) is 13.8. The van der Waals surface area contributed by atoms with E-state index in [9.17, 15) is 19.0 Å². The Hall–Kier alpha value is -2.55. The number of hydrogen-bond acceptors (Lipinski definition) is 7. The predicted molar refractivity (Wildman–Crippen MR) is 252 cm³/mol. The zero-order chi connectivity index (χ0) is 44.3. The highest BCUT2D eigenvalue weighted by Crippen LogP contribution is 2.43. The molecule has 0 aromatic rings. The summed E-state index contributed by atoms with van der Waals surface area (Å²) in [6, 6.07) is 0. The highest BCUT2D eigenvalue weighted by Gasteiger charge is 2.27. The molecule has 9 nitrogen and oxygen atoms in total. The summed E-state index contributed by atoms with van der Waals surface area (Å²) >= 11 is 0. The lowest BCUT2D eigenvalue weighted by molar-refractivity contribution is -0.870. The van der Waals surface area contributed by atoms with E-state index in [1.54, 1.807) is 0 Å². The van der Waals surface area contributed by atoms with Gasteiger partial charge in [0.2, 0.25) is 0 Å². The molecule has 346 valence electrons. The Balaban J connectivity index is 4.30. The standard InChI is InChI=1S/C50H88NO8P/c1-6-8-10-12-14-16-18-20-21-22-23-24-25-26-27-28-29-31-32-34-36-38-40-42-49(52)56-46-48(47-58-60(54,55)57-45-44-51(3,4)5)59-50(53)43-41-39-37-35-33-30-19-17-15-13-11-9-7-2/h8,10,14,16,20-21,23-24,30,33,37,39,48H,6-7,9,11-13,15,17-19,22,25-29,31-32,34-36,38,40-47H2,1-5H3/p+1/b10-8+,16-14+,21-20+,24-23+,33-30+,39-37+. The third-order valence-corrected chi connectivity index (χ3v) is 10.7. The van der Waals surface area contributed by atoms with Crippen LogP contribution in [0.25, 0.3) is 0 Å². The van der Waals surface area contributed by atoms with Gasteiger partial charge in [0.1, 0.15) is 19.8 Å². The number of ether oxygens (including phenoxy) is 2. The van der Waals surface area contributed by atoms with Crippen LogP contribution >= 0.6 is 7.82 Å². The number of unbranched alkanes of at least 4 members (excludes halogenated alkanes) is 16.